The van der Waals surface area contributed by atoms with Crippen molar-refractivity contribution in [1.82, 2.24) is 15.4 Å². The maximum atomic E-state index is 12.4. The van der Waals surface area contributed by atoms with Gasteiger partial charge in [-0.25, -0.2) is 10.4 Å². The number of aromatic amines is 1. The molecule has 1 heterocycles. The molecule has 33 heavy (non-hydrogen) atoms. The van der Waals surface area contributed by atoms with Crippen LogP contribution in [0.25, 0.3) is 10.9 Å². The molecular weight excluding hydrogens is 414 g/mol. The summed E-state index contributed by atoms with van der Waals surface area (Å²) < 4.78 is 0. The SMILES string of the molecule is CC(C)(C)c1ccc(/C=N\NC(=O)c2ccc(Nc3nc4ccccc4c(=O)[nH]3)cc2)cc1. The first kappa shape index (κ1) is 22.0. The number of carbonyl (C=O) groups is 1. The summed E-state index contributed by atoms with van der Waals surface area (Å²) in [4.78, 5) is 31.7. The van der Waals surface area contributed by atoms with Crippen LogP contribution in [0.2, 0.25) is 0 Å². The van der Waals surface area contributed by atoms with E-state index in [0.29, 0.717) is 28.1 Å². The lowest BCUT2D eigenvalue weighted by molar-refractivity contribution is 0.0955. The molecule has 1 aromatic heterocycles. The normalized spacial score (nSPS) is 11.6. The largest absolute Gasteiger partial charge is 0.326 e. The number of H-pyrrole nitrogens is 1. The van der Waals surface area contributed by atoms with Crippen LogP contribution in [0.15, 0.2) is 82.7 Å². The molecule has 0 saturated heterocycles. The molecule has 0 fully saturated rings. The van der Waals surface area contributed by atoms with E-state index >= 15 is 0 Å². The van der Waals surface area contributed by atoms with Crippen molar-refractivity contribution >= 4 is 34.7 Å². The fraction of sp³-hybridized carbons (Fsp3) is 0.154. The minimum atomic E-state index is -0.318. The Labute approximate surface area is 191 Å². The zero-order valence-corrected chi connectivity index (χ0v) is 18.7. The maximum Gasteiger partial charge on any atom is 0.271 e. The van der Waals surface area contributed by atoms with Gasteiger partial charge in [-0.05, 0) is 52.9 Å². The summed E-state index contributed by atoms with van der Waals surface area (Å²) in [6.07, 6.45) is 1.61. The minimum Gasteiger partial charge on any atom is -0.326 e. The van der Waals surface area contributed by atoms with Crippen molar-refractivity contribution in [3.05, 3.63) is 99.8 Å². The summed E-state index contributed by atoms with van der Waals surface area (Å²) in [6.45, 7) is 6.48. The van der Waals surface area contributed by atoms with Crippen LogP contribution in [0.5, 0.6) is 0 Å². The Kier molecular flexibility index (Phi) is 6.04. The molecule has 166 valence electrons. The van der Waals surface area contributed by atoms with Crippen molar-refractivity contribution in [2.24, 2.45) is 5.10 Å². The number of nitrogens with one attached hydrogen (secondary N) is 3. The van der Waals surface area contributed by atoms with Crippen LogP contribution in [-0.4, -0.2) is 22.1 Å². The van der Waals surface area contributed by atoms with Crippen LogP contribution in [0.1, 0.15) is 42.3 Å². The fourth-order valence-corrected chi connectivity index (χ4v) is 3.29. The Morgan fingerprint density at radius 1 is 0.970 bits per heavy atom. The van der Waals surface area contributed by atoms with Crippen LogP contribution in [0.3, 0.4) is 0 Å². The van der Waals surface area contributed by atoms with E-state index in [1.807, 2.05) is 18.2 Å². The molecule has 3 aromatic carbocycles. The van der Waals surface area contributed by atoms with Gasteiger partial charge in [0.05, 0.1) is 17.1 Å². The number of hydrogen-bond acceptors (Lipinski definition) is 5. The smallest absolute Gasteiger partial charge is 0.271 e. The standard InChI is InChI=1S/C26H25N5O2/c1-26(2,3)19-12-8-17(9-13-19)16-27-31-23(32)18-10-14-20(15-11-18)28-25-29-22-7-5-4-6-21(22)24(33)30-25/h4-16H,1-3H3,(H,31,32)(H2,28,29,30,33)/b27-16-. The Bertz CT molecular complexity index is 1370. The van der Waals surface area contributed by atoms with Gasteiger partial charge in [-0.1, -0.05) is 57.2 Å². The van der Waals surface area contributed by atoms with E-state index in [4.69, 9.17) is 0 Å². The van der Waals surface area contributed by atoms with Crippen LogP contribution < -0.4 is 16.3 Å². The second-order valence-electron chi connectivity index (χ2n) is 8.71. The van der Waals surface area contributed by atoms with Gasteiger partial charge in [-0.2, -0.15) is 5.10 Å². The van der Waals surface area contributed by atoms with E-state index in [0.717, 1.165) is 5.56 Å². The lowest BCUT2D eigenvalue weighted by Gasteiger charge is -2.18. The van der Waals surface area contributed by atoms with E-state index in [-0.39, 0.29) is 16.9 Å². The number of benzene rings is 3. The van der Waals surface area contributed by atoms with E-state index in [2.05, 4.69) is 58.7 Å². The van der Waals surface area contributed by atoms with Gasteiger partial charge in [0.15, 0.2) is 0 Å². The number of fused-ring (bicyclic) bond motifs is 1. The number of hydrazone groups is 1. The van der Waals surface area contributed by atoms with E-state index in [1.165, 1.54) is 5.56 Å². The van der Waals surface area contributed by atoms with Gasteiger partial charge in [0.25, 0.3) is 11.5 Å². The Morgan fingerprint density at radius 3 is 2.36 bits per heavy atom. The van der Waals surface area contributed by atoms with Gasteiger partial charge >= 0.3 is 0 Å². The molecule has 0 bridgehead atoms. The molecule has 0 unspecified atom stereocenters. The van der Waals surface area contributed by atoms with Gasteiger partial charge in [-0.15, -0.1) is 0 Å². The molecule has 0 aliphatic heterocycles. The van der Waals surface area contributed by atoms with Crippen molar-refractivity contribution in [1.29, 1.82) is 0 Å². The highest BCUT2D eigenvalue weighted by Crippen LogP contribution is 2.21. The summed E-state index contributed by atoms with van der Waals surface area (Å²) in [5.74, 6) is 0.0133. The monoisotopic (exact) mass is 439 g/mol. The molecule has 1 amide bonds. The van der Waals surface area contributed by atoms with Crippen molar-refractivity contribution in [2.75, 3.05) is 5.32 Å². The molecule has 0 radical (unpaired) electrons. The van der Waals surface area contributed by atoms with Crippen LogP contribution in [-0.2, 0) is 5.41 Å². The zero-order chi connectivity index (χ0) is 23.4. The maximum absolute atomic E-state index is 12.4. The number of rotatable bonds is 5. The second-order valence-corrected chi connectivity index (χ2v) is 8.71. The lowest BCUT2D eigenvalue weighted by Crippen LogP contribution is -2.17. The van der Waals surface area contributed by atoms with Crippen molar-refractivity contribution in [3.8, 4) is 0 Å². The average molecular weight is 440 g/mol. The van der Waals surface area contributed by atoms with Crippen molar-refractivity contribution in [3.63, 3.8) is 0 Å². The lowest BCUT2D eigenvalue weighted by atomic mass is 9.87. The van der Waals surface area contributed by atoms with Gasteiger partial charge in [0.1, 0.15) is 0 Å². The minimum absolute atomic E-state index is 0.0879. The number of anilines is 2. The fourth-order valence-electron chi connectivity index (χ4n) is 3.29. The Hall–Kier alpha value is -4.26. The molecule has 0 aliphatic carbocycles. The highest BCUT2D eigenvalue weighted by molar-refractivity contribution is 5.95. The van der Waals surface area contributed by atoms with Gasteiger partial charge in [0, 0.05) is 11.3 Å². The third-order valence-corrected chi connectivity index (χ3v) is 5.18. The molecule has 3 N–H and O–H groups in total. The van der Waals surface area contributed by atoms with E-state index in [9.17, 15) is 9.59 Å². The molecule has 0 spiro atoms. The molecule has 0 atom stereocenters. The number of aromatic nitrogens is 2. The summed E-state index contributed by atoms with van der Waals surface area (Å²) in [6, 6.07) is 22.0. The average Bonchev–Trinajstić information content (AvgIpc) is 2.79. The van der Waals surface area contributed by atoms with E-state index < -0.39 is 0 Å². The molecule has 0 aliphatic rings. The number of para-hydroxylation sites is 1. The second kappa shape index (κ2) is 9.08. The predicted molar refractivity (Wildman–Crippen MR) is 132 cm³/mol. The van der Waals surface area contributed by atoms with Crippen LogP contribution in [0, 0.1) is 0 Å². The van der Waals surface area contributed by atoms with E-state index in [1.54, 1.807) is 48.7 Å². The number of amides is 1. The van der Waals surface area contributed by atoms with Crippen LogP contribution >= 0.6 is 0 Å². The van der Waals surface area contributed by atoms with Crippen molar-refractivity contribution < 1.29 is 4.79 Å². The summed E-state index contributed by atoms with van der Waals surface area (Å²) in [7, 11) is 0. The predicted octanol–water partition coefficient (Wildman–Crippen LogP) is 4.73. The molecule has 7 heteroatoms. The number of nitrogens with zero attached hydrogens (tertiary/aromatic N) is 2. The van der Waals surface area contributed by atoms with Gasteiger partial charge in [0.2, 0.25) is 5.95 Å². The highest BCUT2D eigenvalue weighted by atomic mass is 16.2. The highest BCUT2D eigenvalue weighted by Gasteiger charge is 2.12. The summed E-state index contributed by atoms with van der Waals surface area (Å²) in [5, 5.41) is 7.63. The Balaban J connectivity index is 1.38. The number of hydrogen-bond donors (Lipinski definition) is 3. The third kappa shape index (κ3) is 5.33. The topological polar surface area (TPSA) is 99.2 Å². The quantitative estimate of drug-likeness (QED) is 0.309. The van der Waals surface area contributed by atoms with Gasteiger partial charge < -0.3 is 5.32 Å². The molecule has 4 aromatic rings. The molecule has 0 saturated carbocycles. The van der Waals surface area contributed by atoms with Crippen LogP contribution in [0.4, 0.5) is 11.6 Å². The molecular formula is C26H25N5O2. The first-order valence-electron chi connectivity index (χ1n) is 10.6. The number of carbonyl (C=O) groups excluding carboxylic acids is 1. The first-order valence-corrected chi connectivity index (χ1v) is 10.6. The van der Waals surface area contributed by atoms with Gasteiger partial charge in [-0.3, -0.25) is 14.6 Å². The third-order valence-electron chi connectivity index (χ3n) is 5.18. The first-order chi connectivity index (χ1) is 15.8. The summed E-state index contributed by atoms with van der Waals surface area (Å²) in [5.41, 5.74) is 6.30. The van der Waals surface area contributed by atoms with Crippen molar-refractivity contribution in [2.45, 2.75) is 26.2 Å². The summed E-state index contributed by atoms with van der Waals surface area (Å²) >= 11 is 0. The molecule has 7 nitrogen and oxygen atoms in total. The molecule has 4 rings (SSSR count). The Morgan fingerprint density at radius 2 is 1.67 bits per heavy atom. The zero-order valence-electron chi connectivity index (χ0n) is 18.7.